The maximum atomic E-state index is 11.0. The lowest BCUT2D eigenvalue weighted by Gasteiger charge is -2.36. The van der Waals surface area contributed by atoms with Gasteiger partial charge in [-0.3, -0.25) is 4.79 Å². The second-order valence-electron chi connectivity index (χ2n) is 4.12. The number of hydrogen-bond acceptors (Lipinski definition) is 2. The van der Waals surface area contributed by atoms with E-state index in [1.165, 1.54) is 0 Å². The van der Waals surface area contributed by atoms with Crippen LogP contribution in [0.4, 0.5) is 0 Å². The molecule has 1 fully saturated rings. The zero-order chi connectivity index (χ0) is 11.9. The molecule has 0 radical (unpaired) electrons. The number of hydrogen-bond donors (Lipinski definition) is 1. The smallest absolute Gasteiger partial charge is 0.132 e. The Morgan fingerprint density at radius 3 is 1.93 bits per heavy atom. The maximum absolute atomic E-state index is 11.0. The minimum atomic E-state index is -0.513. The Bertz CT molecular complexity index is 173. The van der Waals surface area contributed by atoms with Crippen molar-refractivity contribution in [2.75, 3.05) is 0 Å². The Balaban J connectivity index is 0.000000921. The van der Waals surface area contributed by atoms with E-state index >= 15 is 0 Å². The molecule has 2 heteroatoms. The summed E-state index contributed by atoms with van der Waals surface area (Å²) in [6.45, 7) is 8.06. The topological polar surface area (TPSA) is 37.3 Å². The third kappa shape index (κ3) is 3.94. The van der Waals surface area contributed by atoms with Gasteiger partial charge in [0.15, 0.2) is 0 Å². The molecule has 0 heterocycles. The minimum Gasteiger partial charge on any atom is -0.390 e. The number of carbonyl (C=O) groups is 1. The second kappa shape index (κ2) is 7.00. The quantitative estimate of drug-likeness (QED) is 0.782. The molecule has 0 saturated heterocycles. The highest BCUT2D eigenvalue weighted by Crippen LogP contribution is 2.35. The van der Waals surface area contributed by atoms with Gasteiger partial charge in [0.1, 0.15) is 5.78 Å². The fourth-order valence-corrected chi connectivity index (χ4v) is 2.30. The Kier molecular flexibility index (Phi) is 6.82. The predicted octanol–water partition coefficient (Wildman–Crippen LogP) is 3.32. The van der Waals surface area contributed by atoms with Crippen LogP contribution in [0.1, 0.15) is 66.2 Å². The lowest BCUT2D eigenvalue weighted by molar-refractivity contribution is -0.123. The van der Waals surface area contributed by atoms with Gasteiger partial charge in [0.2, 0.25) is 0 Å². The SMILES string of the molecule is CC.CCC(O)(CC)C1CCC(=O)CC1. The summed E-state index contributed by atoms with van der Waals surface area (Å²) in [6, 6.07) is 0. The number of aliphatic hydroxyl groups is 1. The fraction of sp³-hybridized carbons (Fsp3) is 0.923. The Morgan fingerprint density at radius 1 is 1.20 bits per heavy atom. The van der Waals surface area contributed by atoms with Gasteiger partial charge >= 0.3 is 0 Å². The molecule has 0 aromatic carbocycles. The van der Waals surface area contributed by atoms with E-state index in [0.717, 1.165) is 25.7 Å². The third-order valence-electron chi connectivity index (χ3n) is 3.53. The Hall–Kier alpha value is -0.370. The van der Waals surface area contributed by atoms with E-state index in [0.29, 0.717) is 24.5 Å². The van der Waals surface area contributed by atoms with Crippen molar-refractivity contribution in [1.29, 1.82) is 0 Å². The number of carbonyl (C=O) groups excluding carboxylic acids is 1. The van der Waals surface area contributed by atoms with Crippen molar-refractivity contribution in [2.24, 2.45) is 5.92 Å². The number of ketones is 1. The van der Waals surface area contributed by atoms with Crippen molar-refractivity contribution in [3.05, 3.63) is 0 Å². The highest BCUT2D eigenvalue weighted by atomic mass is 16.3. The summed E-state index contributed by atoms with van der Waals surface area (Å²) in [4.78, 5) is 11.0. The predicted molar refractivity (Wildman–Crippen MR) is 63.8 cm³/mol. The summed E-state index contributed by atoms with van der Waals surface area (Å²) in [5, 5.41) is 10.2. The molecule has 0 bridgehead atoms. The average molecular weight is 214 g/mol. The normalized spacial score (nSPS) is 18.3. The van der Waals surface area contributed by atoms with E-state index < -0.39 is 5.60 Å². The third-order valence-corrected chi connectivity index (χ3v) is 3.53. The van der Waals surface area contributed by atoms with Crippen LogP contribution < -0.4 is 0 Å². The molecule has 0 unspecified atom stereocenters. The first-order valence-corrected chi connectivity index (χ1v) is 6.36. The summed E-state index contributed by atoms with van der Waals surface area (Å²) < 4.78 is 0. The largest absolute Gasteiger partial charge is 0.390 e. The molecule has 1 aliphatic rings. The molecule has 0 spiro atoms. The zero-order valence-corrected chi connectivity index (χ0v) is 10.7. The zero-order valence-electron chi connectivity index (χ0n) is 10.7. The van der Waals surface area contributed by atoms with E-state index in [4.69, 9.17) is 0 Å². The van der Waals surface area contributed by atoms with Crippen molar-refractivity contribution in [3.8, 4) is 0 Å². The van der Waals surface area contributed by atoms with Crippen molar-refractivity contribution in [2.45, 2.75) is 71.8 Å². The molecule has 0 aromatic rings. The van der Waals surface area contributed by atoms with Crippen LogP contribution in [0.5, 0.6) is 0 Å². The molecular formula is C13H26O2. The van der Waals surface area contributed by atoms with Crippen LogP contribution in [-0.4, -0.2) is 16.5 Å². The van der Waals surface area contributed by atoms with Gasteiger partial charge in [0.05, 0.1) is 5.60 Å². The molecule has 0 amide bonds. The van der Waals surface area contributed by atoms with Gasteiger partial charge in [-0.25, -0.2) is 0 Å². The molecule has 1 N–H and O–H groups in total. The molecule has 0 aliphatic heterocycles. The van der Waals surface area contributed by atoms with Crippen LogP contribution in [0.15, 0.2) is 0 Å². The van der Waals surface area contributed by atoms with E-state index in [1.54, 1.807) is 0 Å². The summed E-state index contributed by atoms with van der Waals surface area (Å²) in [5.41, 5.74) is -0.513. The van der Waals surface area contributed by atoms with Crippen LogP contribution in [0.3, 0.4) is 0 Å². The highest BCUT2D eigenvalue weighted by molar-refractivity contribution is 5.79. The first-order chi connectivity index (χ1) is 7.12. The molecule has 0 atom stereocenters. The van der Waals surface area contributed by atoms with Gasteiger partial charge in [-0.1, -0.05) is 27.7 Å². The Morgan fingerprint density at radius 2 is 1.60 bits per heavy atom. The molecule has 15 heavy (non-hydrogen) atoms. The lowest BCUT2D eigenvalue weighted by Crippen LogP contribution is -2.38. The second-order valence-corrected chi connectivity index (χ2v) is 4.12. The molecule has 0 aromatic heterocycles. The van der Waals surface area contributed by atoms with Crippen molar-refractivity contribution in [1.82, 2.24) is 0 Å². The molecule has 1 rings (SSSR count). The fourth-order valence-electron chi connectivity index (χ4n) is 2.30. The van der Waals surface area contributed by atoms with Gasteiger partial charge in [-0.05, 0) is 31.6 Å². The molecule has 2 nitrogen and oxygen atoms in total. The van der Waals surface area contributed by atoms with Crippen LogP contribution in [0, 0.1) is 5.92 Å². The number of rotatable bonds is 3. The maximum Gasteiger partial charge on any atom is 0.132 e. The van der Waals surface area contributed by atoms with Crippen molar-refractivity contribution < 1.29 is 9.90 Å². The molecule has 90 valence electrons. The summed E-state index contributed by atoms with van der Waals surface area (Å²) in [7, 11) is 0. The van der Waals surface area contributed by atoms with Gasteiger partial charge in [-0.2, -0.15) is 0 Å². The van der Waals surface area contributed by atoms with Crippen molar-refractivity contribution in [3.63, 3.8) is 0 Å². The first-order valence-electron chi connectivity index (χ1n) is 6.36. The summed E-state index contributed by atoms with van der Waals surface area (Å²) >= 11 is 0. The van der Waals surface area contributed by atoms with Gasteiger partial charge in [-0.15, -0.1) is 0 Å². The van der Waals surface area contributed by atoms with E-state index in [1.807, 2.05) is 27.7 Å². The van der Waals surface area contributed by atoms with Gasteiger partial charge in [0, 0.05) is 12.8 Å². The first kappa shape index (κ1) is 14.6. The lowest BCUT2D eigenvalue weighted by atomic mass is 9.74. The highest BCUT2D eigenvalue weighted by Gasteiger charge is 2.35. The van der Waals surface area contributed by atoms with Crippen LogP contribution >= 0.6 is 0 Å². The van der Waals surface area contributed by atoms with E-state index in [2.05, 4.69) is 0 Å². The standard InChI is InChI=1S/C11H20O2.C2H6/c1-3-11(13,4-2)9-5-7-10(12)8-6-9;1-2/h9,13H,3-8H2,1-2H3;1-2H3. The monoisotopic (exact) mass is 214 g/mol. The van der Waals surface area contributed by atoms with Crippen LogP contribution in [-0.2, 0) is 4.79 Å². The summed E-state index contributed by atoms with van der Waals surface area (Å²) in [5.74, 6) is 0.714. The van der Waals surface area contributed by atoms with Crippen LogP contribution in [0.2, 0.25) is 0 Å². The van der Waals surface area contributed by atoms with Crippen molar-refractivity contribution >= 4 is 5.78 Å². The Labute approximate surface area is 94.1 Å². The van der Waals surface area contributed by atoms with Gasteiger partial charge < -0.3 is 5.11 Å². The average Bonchev–Trinajstić information content (AvgIpc) is 2.31. The van der Waals surface area contributed by atoms with Gasteiger partial charge in [0.25, 0.3) is 0 Å². The molecule has 1 saturated carbocycles. The minimum absolute atomic E-state index is 0.347. The molecule has 1 aliphatic carbocycles. The molecular weight excluding hydrogens is 188 g/mol. The summed E-state index contributed by atoms with van der Waals surface area (Å²) in [6.07, 6.45) is 4.73. The number of Topliss-reactive ketones (excluding diaryl/α,β-unsaturated/α-hetero) is 1. The van der Waals surface area contributed by atoms with E-state index in [9.17, 15) is 9.90 Å². The van der Waals surface area contributed by atoms with E-state index in [-0.39, 0.29) is 0 Å². The van der Waals surface area contributed by atoms with Crippen LogP contribution in [0.25, 0.3) is 0 Å².